The van der Waals surface area contributed by atoms with E-state index in [9.17, 15) is 14.7 Å². The molecule has 0 aliphatic heterocycles. The predicted molar refractivity (Wildman–Crippen MR) is 113 cm³/mol. The van der Waals surface area contributed by atoms with Crippen molar-refractivity contribution < 1.29 is 33.6 Å². The Balaban J connectivity index is 1.83. The molecule has 0 fully saturated rings. The lowest BCUT2D eigenvalue weighted by molar-refractivity contribution is -0.131. The van der Waals surface area contributed by atoms with E-state index in [1.165, 1.54) is 6.07 Å². The molecule has 0 heterocycles. The summed E-state index contributed by atoms with van der Waals surface area (Å²) < 4.78 is 22.0. The third-order valence-electron chi connectivity index (χ3n) is 4.51. The van der Waals surface area contributed by atoms with E-state index in [0.717, 1.165) is 16.9 Å². The first-order valence-electron chi connectivity index (χ1n) is 9.44. The number of carbonyl (C=O) groups excluding carboxylic acids is 1. The van der Waals surface area contributed by atoms with Crippen molar-refractivity contribution in [3.63, 3.8) is 0 Å². The van der Waals surface area contributed by atoms with Crippen LogP contribution < -0.4 is 18.9 Å². The van der Waals surface area contributed by atoms with E-state index in [4.69, 9.17) is 18.9 Å². The van der Waals surface area contributed by atoms with Gasteiger partial charge in [0, 0.05) is 0 Å². The molecule has 3 aromatic carbocycles. The van der Waals surface area contributed by atoms with Crippen molar-refractivity contribution in [2.45, 2.75) is 13.2 Å². The summed E-state index contributed by atoms with van der Waals surface area (Å²) >= 11 is 0. The van der Waals surface area contributed by atoms with Crippen LogP contribution in [-0.2, 0) is 18.0 Å². The maximum Gasteiger partial charge on any atom is 0.377 e. The third kappa shape index (κ3) is 5.54. The van der Waals surface area contributed by atoms with Crippen LogP contribution in [0.25, 0.3) is 0 Å². The van der Waals surface area contributed by atoms with Gasteiger partial charge in [0.25, 0.3) is 5.78 Å². The number of hydrogen-bond donors (Lipinski definition) is 1. The summed E-state index contributed by atoms with van der Waals surface area (Å²) in [5, 5.41) is 9.18. The number of rotatable bonds is 10. The van der Waals surface area contributed by atoms with E-state index in [2.05, 4.69) is 0 Å². The number of carbonyl (C=O) groups is 2. The van der Waals surface area contributed by atoms with Crippen LogP contribution in [0.5, 0.6) is 23.0 Å². The molecule has 7 nitrogen and oxygen atoms in total. The first-order chi connectivity index (χ1) is 15.0. The number of benzene rings is 3. The smallest absolute Gasteiger partial charge is 0.377 e. The highest BCUT2D eigenvalue weighted by Crippen LogP contribution is 2.33. The van der Waals surface area contributed by atoms with Crippen LogP contribution >= 0.6 is 0 Å². The van der Waals surface area contributed by atoms with Crippen molar-refractivity contribution in [2.75, 3.05) is 14.2 Å². The molecule has 0 aliphatic rings. The molecule has 3 rings (SSSR count). The fourth-order valence-electron chi connectivity index (χ4n) is 2.83. The summed E-state index contributed by atoms with van der Waals surface area (Å²) in [5.74, 6) is -0.855. The van der Waals surface area contributed by atoms with Gasteiger partial charge in [0.15, 0.2) is 11.5 Å². The van der Waals surface area contributed by atoms with Crippen molar-refractivity contribution >= 4 is 11.8 Å². The second kappa shape index (κ2) is 10.2. The molecular weight excluding hydrogens is 400 g/mol. The highest BCUT2D eigenvalue weighted by Gasteiger charge is 2.23. The molecule has 0 aromatic heterocycles. The van der Waals surface area contributed by atoms with Gasteiger partial charge in [-0.25, -0.2) is 4.79 Å². The van der Waals surface area contributed by atoms with E-state index >= 15 is 0 Å². The number of carboxylic acids is 1. The lowest BCUT2D eigenvalue weighted by Crippen LogP contribution is -2.15. The number of methoxy groups -OCH3 is 2. The van der Waals surface area contributed by atoms with E-state index in [1.807, 2.05) is 36.4 Å². The molecule has 0 radical (unpaired) electrons. The first kappa shape index (κ1) is 21.7. The van der Waals surface area contributed by atoms with Gasteiger partial charge in [-0.05, 0) is 47.5 Å². The lowest BCUT2D eigenvalue weighted by Gasteiger charge is -2.16. The van der Waals surface area contributed by atoms with Gasteiger partial charge in [-0.1, -0.05) is 30.3 Å². The minimum Gasteiger partial charge on any atom is -0.497 e. The Morgan fingerprint density at radius 3 is 1.74 bits per heavy atom. The summed E-state index contributed by atoms with van der Waals surface area (Å²) in [5.41, 5.74) is 1.62. The number of ketones is 1. The van der Waals surface area contributed by atoms with Gasteiger partial charge in [-0.2, -0.15) is 0 Å². The zero-order valence-corrected chi connectivity index (χ0v) is 17.2. The van der Waals surface area contributed by atoms with Crippen LogP contribution in [0.2, 0.25) is 0 Å². The van der Waals surface area contributed by atoms with Crippen molar-refractivity contribution in [1.29, 1.82) is 0 Å². The number of aliphatic carboxylic acids is 1. The Kier molecular flexibility index (Phi) is 7.11. The maximum absolute atomic E-state index is 12.2. The van der Waals surface area contributed by atoms with E-state index in [-0.39, 0.29) is 30.3 Å². The standard InChI is InChI=1S/C24H22O7/c1-28-18-10-6-16(7-11-18)14-30-21-5-3-4-20(22(25)24(26)27)23(21)31-15-17-8-12-19(29-2)13-9-17/h3-13H,14-15H2,1-2H3,(H,26,27). The van der Waals surface area contributed by atoms with Crippen LogP contribution in [0, 0.1) is 0 Å². The Hall–Kier alpha value is -4.00. The average Bonchev–Trinajstić information content (AvgIpc) is 2.81. The topological polar surface area (TPSA) is 91.3 Å². The SMILES string of the molecule is COc1ccc(COc2cccc(C(=O)C(=O)O)c2OCc2ccc(OC)cc2)cc1. The second-order valence-corrected chi connectivity index (χ2v) is 6.54. The lowest BCUT2D eigenvalue weighted by atomic mass is 10.1. The third-order valence-corrected chi connectivity index (χ3v) is 4.51. The van der Waals surface area contributed by atoms with Gasteiger partial charge in [0.05, 0.1) is 19.8 Å². The first-order valence-corrected chi connectivity index (χ1v) is 9.44. The van der Waals surface area contributed by atoms with Crippen molar-refractivity contribution in [1.82, 2.24) is 0 Å². The summed E-state index contributed by atoms with van der Waals surface area (Å²) in [6, 6.07) is 19.1. The Morgan fingerprint density at radius 2 is 1.26 bits per heavy atom. The molecule has 7 heteroatoms. The van der Waals surface area contributed by atoms with Gasteiger partial charge in [-0.15, -0.1) is 0 Å². The molecule has 0 aliphatic carbocycles. The molecule has 31 heavy (non-hydrogen) atoms. The average molecular weight is 422 g/mol. The van der Waals surface area contributed by atoms with Crippen molar-refractivity contribution in [3.05, 3.63) is 83.4 Å². The predicted octanol–water partition coefficient (Wildman–Crippen LogP) is 4.13. The van der Waals surface area contributed by atoms with Gasteiger partial charge >= 0.3 is 5.97 Å². The second-order valence-electron chi connectivity index (χ2n) is 6.54. The molecule has 0 amide bonds. The van der Waals surface area contributed by atoms with Gasteiger partial charge in [0.1, 0.15) is 24.7 Å². The minimum atomic E-state index is -1.57. The number of hydrogen-bond acceptors (Lipinski definition) is 6. The fourth-order valence-corrected chi connectivity index (χ4v) is 2.83. The number of Topliss-reactive ketones (excluding diaryl/α,β-unsaturated/α-hetero) is 1. The van der Waals surface area contributed by atoms with Crippen LogP contribution in [-0.4, -0.2) is 31.1 Å². The fraction of sp³-hybridized carbons (Fsp3) is 0.167. The molecular formula is C24H22O7. The molecule has 0 unspecified atom stereocenters. The number of ether oxygens (including phenoxy) is 4. The number of carboxylic acid groups (broad SMARTS) is 1. The van der Waals surface area contributed by atoms with Crippen LogP contribution in [0.15, 0.2) is 66.7 Å². The van der Waals surface area contributed by atoms with Gasteiger partial charge in [0.2, 0.25) is 0 Å². The summed E-state index contributed by atoms with van der Waals surface area (Å²) in [6.45, 7) is 0.320. The van der Waals surface area contributed by atoms with Crippen LogP contribution in [0.3, 0.4) is 0 Å². The molecule has 0 atom stereocenters. The quantitative estimate of drug-likeness (QED) is 0.388. The highest BCUT2D eigenvalue weighted by atomic mass is 16.5. The maximum atomic E-state index is 12.2. The van der Waals surface area contributed by atoms with E-state index in [0.29, 0.717) is 5.75 Å². The largest absolute Gasteiger partial charge is 0.497 e. The Morgan fingerprint density at radius 1 is 0.742 bits per heavy atom. The normalized spacial score (nSPS) is 10.3. The molecule has 3 aromatic rings. The van der Waals surface area contributed by atoms with Crippen LogP contribution in [0.4, 0.5) is 0 Å². The molecule has 160 valence electrons. The molecule has 0 bridgehead atoms. The van der Waals surface area contributed by atoms with Crippen molar-refractivity contribution in [3.8, 4) is 23.0 Å². The Bertz CT molecular complexity index is 1040. The molecule has 0 spiro atoms. The zero-order chi connectivity index (χ0) is 22.2. The summed E-state index contributed by atoms with van der Waals surface area (Å²) in [7, 11) is 3.16. The zero-order valence-electron chi connectivity index (χ0n) is 17.2. The summed E-state index contributed by atoms with van der Waals surface area (Å²) in [6.07, 6.45) is 0. The van der Waals surface area contributed by atoms with Crippen molar-refractivity contribution in [2.24, 2.45) is 0 Å². The monoisotopic (exact) mass is 422 g/mol. The number of para-hydroxylation sites is 1. The van der Waals surface area contributed by atoms with Gasteiger partial charge < -0.3 is 24.1 Å². The molecule has 1 N–H and O–H groups in total. The molecule has 0 saturated heterocycles. The van der Waals surface area contributed by atoms with E-state index < -0.39 is 11.8 Å². The van der Waals surface area contributed by atoms with Gasteiger partial charge in [-0.3, -0.25) is 4.79 Å². The Labute approximate surface area is 179 Å². The molecule has 0 saturated carbocycles. The van der Waals surface area contributed by atoms with E-state index in [1.54, 1.807) is 38.5 Å². The highest BCUT2D eigenvalue weighted by molar-refractivity contribution is 6.40. The van der Waals surface area contributed by atoms with Crippen LogP contribution in [0.1, 0.15) is 21.5 Å². The summed E-state index contributed by atoms with van der Waals surface area (Å²) in [4.78, 5) is 23.5. The minimum absolute atomic E-state index is 0.0757.